The number of rotatable bonds is 2. The molecule has 0 aromatic carbocycles. The largest absolute Gasteiger partial charge is 0.500 e. The van der Waals surface area contributed by atoms with Gasteiger partial charge in [0.2, 0.25) is 22.9 Å². The van der Waals surface area contributed by atoms with Crippen LogP contribution in [0.2, 0.25) is 0 Å². The molecule has 0 saturated carbocycles. The van der Waals surface area contributed by atoms with Gasteiger partial charge in [-0.3, -0.25) is 9.36 Å². The van der Waals surface area contributed by atoms with Crippen LogP contribution in [0.3, 0.4) is 0 Å². The van der Waals surface area contributed by atoms with Crippen molar-refractivity contribution in [2.24, 2.45) is 7.05 Å². The molecule has 0 aliphatic rings. The zero-order chi connectivity index (χ0) is 10.9. The van der Waals surface area contributed by atoms with Gasteiger partial charge in [-0.2, -0.15) is 0 Å². The lowest BCUT2D eigenvalue weighted by molar-refractivity contribution is 0.309. The van der Waals surface area contributed by atoms with Crippen molar-refractivity contribution in [3.63, 3.8) is 0 Å². The maximum absolute atomic E-state index is 11.5. The number of ether oxygens (including phenoxy) is 2. The van der Waals surface area contributed by atoms with Crippen molar-refractivity contribution in [1.82, 2.24) is 4.57 Å². The number of aromatic hydroxyl groups is 1. The lowest BCUT2D eigenvalue weighted by Crippen LogP contribution is -2.14. The SMILES string of the molecule is COc1c(C)c(=O)c(O)c(OC)n1C. The number of methoxy groups -OCH3 is 2. The monoisotopic (exact) mass is 199 g/mol. The molecule has 5 heteroatoms. The molecule has 1 N–H and O–H groups in total. The van der Waals surface area contributed by atoms with Crippen molar-refractivity contribution in [3.05, 3.63) is 15.8 Å². The molecule has 0 aliphatic carbocycles. The van der Waals surface area contributed by atoms with Gasteiger partial charge >= 0.3 is 0 Å². The van der Waals surface area contributed by atoms with Crippen LogP contribution in [0.25, 0.3) is 0 Å². The Morgan fingerprint density at radius 3 is 2.14 bits per heavy atom. The maximum Gasteiger partial charge on any atom is 0.243 e. The molecule has 0 bridgehead atoms. The van der Waals surface area contributed by atoms with Gasteiger partial charge in [-0.25, -0.2) is 0 Å². The topological polar surface area (TPSA) is 60.7 Å². The third-order valence-corrected chi connectivity index (χ3v) is 2.08. The first-order valence-corrected chi connectivity index (χ1v) is 4.05. The molecule has 78 valence electrons. The predicted molar refractivity (Wildman–Crippen MR) is 51.2 cm³/mol. The van der Waals surface area contributed by atoms with Crippen molar-refractivity contribution < 1.29 is 14.6 Å². The number of pyridine rings is 1. The van der Waals surface area contributed by atoms with Gasteiger partial charge in [0.25, 0.3) is 0 Å². The molecule has 0 radical (unpaired) electrons. The first kappa shape index (κ1) is 10.4. The van der Waals surface area contributed by atoms with Gasteiger partial charge in [0.1, 0.15) is 0 Å². The molecule has 0 unspecified atom stereocenters. The summed E-state index contributed by atoms with van der Waals surface area (Å²) < 4.78 is 11.4. The van der Waals surface area contributed by atoms with Crippen LogP contribution >= 0.6 is 0 Å². The van der Waals surface area contributed by atoms with Gasteiger partial charge in [-0.15, -0.1) is 0 Å². The minimum Gasteiger partial charge on any atom is -0.500 e. The van der Waals surface area contributed by atoms with Gasteiger partial charge in [-0.1, -0.05) is 0 Å². The number of hydrogen-bond acceptors (Lipinski definition) is 4. The Morgan fingerprint density at radius 1 is 1.21 bits per heavy atom. The third-order valence-electron chi connectivity index (χ3n) is 2.08. The van der Waals surface area contributed by atoms with E-state index in [1.54, 1.807) is 14.0 Å². The summed E-state index contributed by atoms with van der Waals surface area (Å²) in [6.07, 6.45) is 0. The van der Waals surface area contributed by atoms with Gasteiger partial charge in [-0.05, 0) is 6.92 Å². The van der Waals surface area contributed by atoms with Crippen LogP contribution in [0.1, 0.15) is 5.56 Å². The van der Waals surface area contributed by atoms with Gasteiger partial charge in [0.05, 0.1) is 19.8 Å². The maximum atomic E-state index is 11.5. The van der Waals surface area contributed by atoms with E-state index in [0.717, 1.165) is 0 Å². The number of hydrogen-bond donors (Lipinski definition) is 1. The second-order valence-electron chi connectivity index (χ2n) is 2.88. The summed E-state index contributed by atoms with van der Waals surface area (Å²) in [7, 11) is 4.48. The van der Waals surface area contributed by atoms with Gasteiger partial charge in [0, 0.05) is 7.05 Å². The van der Waals surface area contributed by atoms with Crippen molar-refractivity contribution >= 4 is 0 Å². The number of aromatic nitrogens is 1. The summed E-state index contributed by atoms with van der Waals surface area (Å²) in [5.74, 6) is 0.0791. The van der Waals surface area contributed by atoms with Crippen LogP contribution < -0.4 is 14.9 Å². The van der Waals surface area contributed by atoms with Crippen molar-refractivity contribution in [1.29, 1.82) is 0 Å². The van der Waals surface area contributed by atoms with E-state index in [1.807, 2.05) is 0 Å². The zero-order valence-corrected chi connectivity index (χ0v) is 8.62. The standard InChI is InChI=1S/C9H13NO4/c1-5-6(11)7(12)9(14-4)10(2)8(5)13-3/h12H,1-4H3. The average Bonchev–Trinajstić information content (AvgIpc) is 2.16. The molecule has 0 spiro atoms. The third kappa shape index (κ3) is 1.30. The average molecular weight is 199 g/mol. The first-order valence-electron chi connectivity index (χ1n) is 4.05. The normalized spacial score (nSPS) is 10.0. The quantitative estimate of drug-likeness (QED) is 0.749. The summed E-state index contributed by atoms with van der Waals surface area (Å²) in [4.78, 5) is 11.5. The molecule has 1 rings (SSSR count). The molecular formula is C9H13NO4. The van der Waals surface area contributed by atoms with Crippen LogP contribution in [0.5, 0.6) is 17.5 Å². The van der Waals surface area contributed by atoms with E-state index >= 15 is 0 Å². The molecule has 5 nitrogen and oxygen atoms in total. The van der Waals surface area contributed by atoms with E-state index < -0.39 is 11.2 Å². The molecule has 1 aromatic rings. The highest BCUT2D eigenvalue weighted by Gasteiger charge is 2.17. The summed E-state index contributed by atoms with van der Waals surface area (Å²) in [5, 5.41) is 9.47. The van der Waals surface area contributed by atoms with Gasteiger partial charge in [0.15, 0.2) is 0 Å². The van der Waals surface area contributed by atoms with Crippen molar-refractivity contribution in [2.75, 3.05) is 14.2 Å². The fourth-order valence-corrected chi connectivity index (χ4v) is 1.40. The highest BCUT2D eigenvalue weighted by atomic mass is 16.5. The predicted octanol–water partition coefficient (Wildman–Crippen LogP) is 0.417. The number of nitrogens with zero attached hydrogens (tertiary/aromatic N) is 1. The summed E-state index contributed by atoms with van der Waals surface area (Å²) in [6, 6.07) is 0. The Morgan fingerprint density at radius 2 is 1.71 bits per heavy atom. The fourth-order valence-electron chi connectivity index (χ4n) is 1.40. The smallest absolute Gasteiger partial charge is 0.243 e. The minimum absolute atomic E-state index is 0.0949. The van der Waals surface area contributed by atoms with Gasteiger partial charge < -0.3 is 14.6 Å². The second kappa shape index (κ2) is 3.61. The molecule has 14 heavy (non-hydrogen) atoms. The van der Waals surface area contributed by atoms with Crippen LogP contribution in [0.15, 0.2) is 4.79 Å². The minimum atomic E-state index is -0.475. The van der Waals surface area contributed by atoms with Crippen LogP contribution in [-0.2, 0) is 7.05 Å². The Kier molecular flexibility index (Phi) is 2.69. The van der Waals surface area contributed by atoms with E-state index in [2.05, 4.69) is 0 Å². The van der Waals surface area contributed by atoms with E-state index in [1.165, 1.54) is 18.8 Å². The summed E-state index contributed by atoms with van der Waals surface area (Å²) in [6.45, 7) is 1.58. The van der Waals surface area contributed by atoms with E-state index in [0.29, 0.717) is 11.4 Å². The van der Waals surface area contributed by atoms with Crippen LogP contribution in [0, 0.1) is 6.92 Å². The molecule has 1 aromatic heterocycles. The highest BCUT2D eigenvalue weighted by molar-refractivity contribution is 5.42. The molecule has 0 fully saturated rings. The zero-order valence-electron chi connectivity index (χ0n) is 8.62. The second-order valence-corrected chi connectivity index (χ2v) is 2.88. The molecule has 0 aliphatic heterocycles. The highest BCUT2D eigenvalue weighted by Crippen LogP contribution is 2.27. The van der Waals surface area contributed by atoms with E-state index in [4.69, 9.17) is 9.47 Å². The van der Waals surface area contributed by atoms with Crippen molar-refractivity contribution in [2.45, 2.75) is 6.92 Å². The molecule has 1 heterocycles. The van der Waals surface area contributed by atoms with Crippen molar-refractivity contribution in [3.8, 4) is 17.5 Å². The lowest BCUT2D eigenvalue weighted by Gasteiger charge is -2.15. The Labute approximate surface area is 81.5 Å². The molecule has 0 saturated heterocycles. The fraction of sp³-hybridized carbons (Fsp3) is 0.444. The van der Waals surface area contributed by atoms with E-state index in [-0.39, 0.29) is 5.88 Å². The Hall–Kier alpha value is -1.65. The first-order chi connectivity index (χ1) is 6.54. The molecule has 0 amide bonds. The van der Waals surface area contributed by atoms with E-state index in [9.17, 15) is 9.90 Å². The summed E-state index contributed by atoms with van der Waals surface area (Å²) in [5.41, 5.74) is -0.120. The van der Waals surface area contributed by atoms with Crippen LogP contribution in [0.4, 0.5) is 0 Å². The summed E-state index contributed by atoms with van der Waals surface area (Å²) >= 11 is 0. The molecular weight excluding hydrogens is 186 g/mol. The Balaban J connectivity index is 3.65. The molecule has 0 atom stereocenters. The Bertz CT molecular complexity index is 374. The lowest BCUT2D eigenvalue weighted by atomic mass is 10.2. The van der Waals surface area contributed by atoms with Crippen LogP contribution in [-0.4, -0.2) is 23.9 Å².